The third-order valence-corrected chi connectivity index (χ3v) is 4.19. The highest BCUT2D eigenvalue weighted by Crippen LogP contribution is 2.30. The van der Waals surface area contributed by atoms with Crippen LogP contribution < -0.4 is 10.5 Å². The number of rotatable bonds is 2. The van der Waals surface area contributed by atoms with Gasteiger partial charge in [0.15, 0.2) is 0 Å². The van der Waals surface area contributed by atoms with Crippen LogP contribution in [0, 0.1) is 12.8 Å². The largest absolute Gasteiger partial charge is 0.488 e. The van der Waals surface area contributed by atoms with E-state index in [1.54, 1.807) is 0 Å². The Morgan fingerprint density at radius 3 is 3.00 bits per heavy atom. The van der Waals surface area contributed by atoms with Crippen LogP contribution in [0.5, 0.6) is 5.75 Å². The van der Waals surface area contributed by atoms with E-state index < -0.39 is 0 Å². The highest BCUT2D eigenvalue weighted by Gasteiger charge is 2.28. The summed E-state index contributed by atoms with van der Waals surface area (Å²) in [6, 6.07) is 6.81. The summed E-state index contributed by atoms with van der Waals surface area (Å²) >= 11 is 0. The van der Waals surface area contributed by atoms with Crippen LogP contribution in [-0.4, -0.2) is 36.7 Å². The lowest BCUT2D eigenvalue weighted by molar-refractivity contribution is 0.106. The fourth-order valence-electron chi connectivity index (χ4n) is 3.50. The number of hydrogen-bond donors (Lipinski definition) is 1. The van der Waals surface area contributed by atoms with Crippen LogP contribution in [0.15, 0.2) is 18.2 Å². The first-order valence-electron chi connectivity index (χ1n) is 7.34. The Hall–Kier alpha value is -1.06. The van der Waals surface area contributed by atoms with Gasteiger partial charge in [-0.15, -0.1) is 0 Å². The van der Waals surface area contributed by atoms with Gasteiger partial charge in [0.2, 0.25) is 0 Å². The first-order chi connectivity index (χ1) is 9.10. The van der Waals surface area contributed by atoms with Gasteiger partial charge in [-0.25, -0.2) is 0 Å². The highest BCUT2D eigenvalue weighted by atomic mass is 16.5. The van der Waals surface area contributed by atoms with Crippen molar-refractivity contribution in [1.82, 2.24) is 4.90 Å². The van der Waals surface area contributed by atoms with Crippen LogP contribution in [-0.2, 0) is 6.42 Å². The van der Waals surface area contributed by atoms with Crippen molar-refractivity contribution in [2.45, 2.75) is 38.8 Å². The van der Waals surface area contributed by atoms with E-state index in [1.807, 2.05) is 0 Å². The molecule has 3 heteroatoms. The zero-order valence-electron chi connectivity index (χ0n) is 11.9. The Morgan fingerprint density at radius 2 is 2.21 bits per heavy atom. The number of likely N-dealkylation sites (tertiary alicyclic amines) is 1. The molecular weight excluding hydrogens is 236 g/mol. The molecule has 0 radical (unpaired) electrons. The molecule has 19 heavy (non-hydrogen) atoms. The molecular formula is C16H24N2O. The minimum absolute atomic E-state index is 0.300. The van der Waals surface area contributed by atoms with Gasteiger partial charge in [-0.2, -0.15) is 0 Å². The maximum atomic E-state index is 6.11. The molecule has 0 spiro atoms. The quantitative estimate of drug-likeness (QED) is 0.883. The zero-order chi connectivity index (χ0) is 13.4. The van der Waals surface area contributed by atoms with Crippen molar-refractivity contribution in [2.75, 3.05) is 19.6 Å². The van der Waals surface area contributed by atoms with Crippen molar-refractivity contribution in [3.8, 4) is 5.75 Å². The smallest absolute Gasteiger partial charge is 0.123 e. The van der Waals surface area contributed by atoms with Gasteiger partial charge in [0, 0.05) is 32.1 Å². The van der Waals surface area contributed by atoms with Crippen LogP contribution in [0.2, 0.25) is 0 Å². The summed E-state index contributed by atoms with van der Waals surface area (Å²) in [6.45, 7) is 7.60. The van der Waals surface area contributed by atoms with Crippen molar-refractivity contribution < 1.29 is 4.74 Å². The number of nitrogens with two attached hydrogens (primary N) is 1. The molecule has 1 aromatic rings. The normalized spacial score (nSPS) is 31.0. The number of ether oxygens (including phenoxy) is 1. The van der Waals surface area contributed by atoms with Gasteiger partial charge >= 0.3 is 0 Å². The van der Waals surface area contributed by atoms with Gasteiger partial charge in [-0.3, -0.25) is 4.90 Å². The average Bonchev–Trinajstić information content (AvgIpc) is 2.68. The second kappa shape index (κ2) is 5.14. The molecule has 1 aromatic carbocycles. The van der Waals surface area contributed by atoms with E-state index in [-0.39, 0.29) is 0 Å². The molecule has 3 rings (SSSR count). The van der Waals surface area contributed by atoms with Gasteiger partial charge in [0.05, 0.1) is 0 Å². The number of fused-ring (bicyclic) bond motifs is 1. The third kappa shape index (κ3) is 2.93. The Morgan fingerprint density at radius 1 is 1.37 bits per heavy atom. The number of aryl methyl sites for hydroxylation is 1. The monoisotopic (exact) mass is 260 g/mol. The summed E-state index contributed by atoms with van der Waals surface area (Å²) in [5, 5.41) is 0. The summed E-state index contributed by atoms with van der Waals surface area (Å²) in [5.74, 6) is 1.78. The molecule has 1 fully saturated rings. The Labute approximate surface area is 115 Å². The van der Waals surface area contributed by atoms with Gasteiger partial charge in [-0.1, -0.05) is 24.6 Å². The minimum atomic E-state index is 0.300. The SMILES string of the molecule is Cc1ccc2c(c1)CC(CN1CC(C)CC(N)C1)O2. The average molecular weight is 260 g/mol. The Kier molecular flexibility index (Phi) is 3.50. The predicted octanol–water partition coefficient (Wildman–Crippen LogP) is 1.97. The zero-order valence-corrected chi connectivity index (χ0v) is 11.9. The minimum Gasteiger partial charge on any atom is -0.488 e. The Bertz CT molecular complexity index is 450. The third-order valence-electron chi connectivity index (χ3n) is 4.19. The standard InChI is InChI=1S/C16H24N2O/c1-11-3-4-16-13(5-11)7-15(19-16)10-18-8-12(2)6-14(17)9-18/h3-5,12,14-15H,6-10,17H2,1-2H3. The van der Waals surface area contributed by atoms with E-state index in [9.17, 15) is 0 Å². The molecule has 2 aliphatic heterocycles. The maximum absolute atomic E-state index is 6.11. The molecule has 0 aromatic heterocycles. The molecule has 0 saturated carbocycles. The summed E-state index contributed by atoms with van der Waals surface area (Å²) in [6.07, 6.45) is 2.49. The van der Waals surface area contributed by atoms with Crippen LogP contribution in [0.1, 0.15) is 24.5 Å². The van der Waals surface area contributed by atoms with E-state index in [1.165, 1.54) is 11.1 Å². The van der Waals surface area contributed by atoms with Crippen molar-refractivity contribution in [1.29, 1.82) is 0 Å². The van der Waals surface area contributed by atoms with Crippen molar-refractivity contribution in [3.63, 3.8) is 0 Å². The fourth-order valence-corrected chi connectivity index (χ4v) is 3.50. The van der Waals surface area contributed by atoms with Crippen molar-refractivity contribution in [2.24, 2.45) is 11.7 Å². The molecule has 104 valence electrons. The van der Waals surface area contributed by atoms with Gasteiger partial charge in [-0.05, 0) is 30.9 Å². The topological polar surface area (TPSA) is 38.5 Å². The van der Waals surface area contributed by atoms with Crippen LogP contribution in [0.4, 0.5) is 0 Å². The molecule has 3 atom stereocenters. The second-order valence-corrected chi connectivity index (χ2v) is 6.37. The number of piperidine rings is 1. The summed E-state index contributed by atoms with van der Waals surface area (Å²) in [4.78, 5) is 2.47. The molecule has 0 amide bonds. The molecule has 1 saturated heterocycles. The van der Waals surface area contributed by atoms with Crippen LogP contribution in [0.3, 0.4) is 0 Å². The van der Waals surface area contributed by atoms with Crippen LogP contribution in [0.25, 0.3) is 0 Å². The first kappa shape index (κ1) is 12.9. The maximum Gasteiger partial charge on any atom is 0.123 e. The lowest BCUT2D eigenvalue weighted by atomic mass is 9.96. The molecule has 2 N–H and O–H groups in total. The molecule has 2 heterocycles. The molecule has 0 aliphatic carbocycles. The van der Waals surface area contributed by atoms with E-state index in [4.69, 9.17) is 10.5 Å². The van der Waals surface area contributed by atoms with Crippen molar-refractivity contribution >= 4 is 0 Å². The molecule has 0 bridgehead atoms. The number of nitrogens with zero attached hydrogens (tertiary/aromatic N) is 1. The summed E-state index contributed by atoms with van der Waals surface area (Å²) in [7, 11) is 0. The molecule has 3 unspecified atom stereocenters. The lowest BCUT2D eigenvalue weighted by Gasteiger charge is -2.35. The van der Waals surface area contributed by atoms with Crippen molar-refractivity contribution in [3.05, 3.63) is 29.3 Å². The van der Waals surface area contributed by atoms with Crippen LogP contribution >= 0.6 is 0 Å². The summed E-state index contributed by atoms with van der Waals surface area (Å²) < 4.78 is 6.05. The fraction of sp³-hybridized carbons (Fsp3) is 0.625. The highest BCUT2D eigenvalue weighted by molar-refractivity contribution is 5.40. The number of benzene rings is 1. The Balaban J connectivity index is 1.61. The lowest BCUT2D eigenvalue weighted by Crippen LogP contribution is -2.49. The van der Waals surface area contributed by atoms with Gasteiger partial charge in [0.25, 0.3) is 0 Å². The van der Waals surface area contributed by atoms with Gasteiger partial charge < -0.3 is 10.5 Å². The first-order valence-corrected chi connectivity index (χ1v) is 7.34. The van der Waals surface area contributed by atoms with Gasteiger partial charge in [0.1, 0.15) is 11.9 Å². The van der Waals surface area contributed by atoms with E-state index >= 15 is 0 Å². The molecule has 3 nitrogen and oxygen atoms in total. The van der Waals surface area contributed by atoms with E-state index in [0.29, 0.717) is 18.1 Å². The summed E-state index contributed by atoms with van der Waals surface area (Å²) in [5.41, 5.74) is 8.79. The second-order valence-electron chi connectivity index (χ2n) is 6.37. The molecule has 2 aliphatic rings. The van der Waals surface area contributed by atoms with E-state index in [0.717, 1.165) is 38.2 Å². The predicted molar refractivity (Wildman–Crippen MR) is 77.5 cm³/mol. The van der Waals surface area contributed by atoms with E-state index in [2.05, 4.69) is 36.9 Å². The number of hydrogen-bond acceptors (Lipinski definition) is 3.